The number of likely N-dealkylation sites (tertiary alicyclic amines) is 1. The molecule has 0 unspecified atom stereocenters. The maximum Gasteiger partial charge on any atom is 0.236 e. The van der Waals surface area contributed by atoms with Crippen molar-refractivity contribution in [3.8, 4) is 0 Å². The minimum atomic E-state index is -0.518. The number of piperidine rings is 1. The van der Waals surface area contributed by atoms with Gasteiger partial charge in [0.1, 0.15) is 5.82 Å². The maximum absolute atomic E-state index is 13.2. The summed E-state index contributed by atoms with van der Waals surface area (Å²) >= 11 is 0. The number of hydrogen-bond donors (Lipinski definition) is 1. The Hall–Kier alpha value is -1.46. The van der Waals surface area contributed by atoms with Crippen LogP contribution in [0, 0.1) is 11.2 Å². The molecule has 21 heavy (non-hydrogen) atoms. The van der Waals surface area contributed by atoms with Gasteiger partial charge in [0.05, 0.1) is 12.0 Å². The first-order chi connectivity index (χ1) is 9.61. The number of carbonyl (C=O) groups excluding carboxylic acids is 2. The lowest BCUT2D eigenvalue weighted by atomic mass is 9.77. The first-order valence-corrected chi connectivity index (χ1v) is 6.91. The monoisotopic (exact) mass is 312 g/mol. The van der Waals surface area contributed by atoms with Crippen LogP contribution in [0.15, 0.2) is 24.3 Å². The molecular weight excluding hydrogens is 295 g/mol. The van der Waals surface area contributed by atoms with E-state index < -0.39 is 5.41 Å². The summed E-state index contributed by atoms with van der Waals surface area (Å²) in [6.45, 7) is 1.71. The highest BCUT2D eigenvalue weighted by Crippen LogP contribution is 2.41. The zero-order valence-electron chi connectivity index (χ0n) is 11.6. The first kappa shape index (κ1) is 15.9. The topological polar surface area (TPSA) is 49.4 Å². The predicted molar refractivity (Wildman–Crippen MR) is 78.4 cm³/mol. The van der Waals surface area contributed by atoms with Crippen LogP contribution in [0.4, 0.5) is 4.39 Å². The molecule has 0 aliphatic carbocycles. The van der Waals surface area contributed by atoms with Gasteiger partial charge in [0.25, 0.3) is 0 Å². The highest BCUT2D eigenvalue weighted by molar-refractivity contribution is 6.05. The Morgan fingerprint density at radius 3 is 2.62 bits per heavy atom. The average molecular weight is 313 g/mol. The van der Waals surface area contributed by atoms with E-state index in [1.807, 2.05) is 0 Å². The third-order valence-corrected chi connectivity index (χ3v) is 4.28. The zero-order valence-corrected chi connectivity index (χ0v) is 12.4. The van der Waals surface area contributed by atoms with Crippen molar-refractivity contribution < 1.29 is 14.0 Å². The summed E-state index contributed by atoms with van der Waals surface area (Å²) in [7, 11) is 0. The smallest absolute Gasteiger partial charge is 0.236 e. The van der Waals surface area contributed by atoms with Crippen LogP contribution in [0.3, 0.4) is 0 Å². The fourth-order valence-corrected chi connectivity index (χ4v) is 3.13. The number of amides is 2. The summed E-state index contributed by atoms with van der Waals surface area (Å²) in [6.07, 6.45) is 1.71. The molecule has 0 saturated carbocycles. The van der Waals surface area contributed by atoms with Crippen LogP contribution in [0.25, 0.3) is 0 Å². The van der Waals surface area contributed by atoms with Crippen LogP contribution in [0.2, 0.25) is 0 Å². The van der Waals surface area contributed by atoms with Crippen molar-refractivity contribution in [1.82, 2.24) is 10.2 Å². The molecule has 1 spiro atoms. The van der Waals surface area contributed by atoms with Gasteiger partial charge in [-0.1, -0.05) is 12.1 Å². The number of carbonyl (C=O) groups is 2. The van der Waals surface area contributed by atoms with E-state index in [0.29, 0.717) is 24.8 Å². The van der Waals surface area contributed by atoms with Crippen molar-refractivity contribution in [2.45, 2.75) is 25.8 Å². The Morgan fingerprint density at radius 2 is 1.95 bits per heavy atom. The Labute approximate surface area is 129 Å². The number of imide groups is 1. The molecule has 4 nitrogen and oxygen atoms in total. The van der Waals surface area contributed by atoms with E-state index in [4.69, 9.17) is 0 Å². The third kappa shape index (κ3) is 2.94. The van der Waals surface area contributed by atoms with Crippen LogP contribution < -0.4 is 5.32 Å². The number of benzene rings is 1. The molecule has 2 fully saturated rings. The van der Waals surface area contributed by atoms with Gasteiger partial charge in [-0.05, 0) is 43.6 Å². The van der Waals surface area contributed by atoms with Gasteiger partial charge < -0.3 is 5.32 Å². The molecule has 0 aromatic heterocycles. The SMILES string of the molecule is Cl.O=C1CC2(CCNCC2)C(=O)N1Cc1cccc(F)c1. The van der Waals surface area contributed by atoms with Crippen molar-refractivity contribution in [3.05, 3.63) is 35.6 Å². The number of halogens is 2. The molecule has 1 N–H and O–H groups in total. The molecule has 0 radical (unpaired) electrons. The highest BCUT2D eigenvalue weighted by atomic mass is 35.5. The van der Waals surface area contributed by atoms with Gasteiger partial charge in [-0.3, -0.25) is 14.5 Å². The summed E-state index contributed by atoms with van der Waals surface area (Å²) in [5.74, 6) is -0.576. The molecule has 2 heterocycles. The molecule has 2 aliphatic heterocycles. The van der Waals surface area contributed by atoms with Gasteiger partial charge in [-0.15, -0.1) is 12.4 Å². The Kier molecular flexibility index (Phi) is 4.64. The molecule has 0 bridgehead atoms. The Bertz CT molecular complexity index is 558. The summed E-state index contributed by atoms with van der Waals surface area (Å²) in [5, 5.41) is 3.21. The second-order valence-electron chi connectivity index (χ2n) is 5.62. The predicted octanol–water partition coefficient (Wildman–Crippen LogP) is 1.88. The van der Waals surface area contributed by atoms with Gasteiger partial charge >= 0.3 is 0 Å². The van der Waals surface area contributed by atoms with Crippen molar-refractivity contribution >= 4 is 24.2 Å². The molecule has 2 aliphatic rings. The number of rotatable bonds is 2. The van der Waals surface area contributed by atoms with E-state index in [-0.39, 0.29) is 36.6 Å². The summed E-state index contributed by atoms with van der Waals surface area (Å²) in [4.78, 5) is 26.0. The average Bonchev–Trinajstić information content (AvgIpc) is 2.64. The third-order valence-electron chi connectivity index (χ3n) is 4.28. The first-order valence-electron chi connectivity index (χ1n) is 6.91. The second kappa shape index (κ2) is 6.12. The van der Waals surface area contributed by atoms with Crippen molar-refractivity contribution in [2.75, 3.05) is 13.1 Å². The molecular formula is C15H18ClFN2O2. The minimum absolute atomic E-state index is 0. The lowest BCUT2D eigenvalue weighted by Gasteiger charge is -2.31. The number of nitrogens with one attached hydrogen (secondary N) is 1. The van der Waals surface area contributed by atoms with Crippen molar-refractivity contribution in [3.63, 3.8) is 0 Å². The van der Waals surface area contributed by atoms with E-state index in [9.17, 15) is 14.0 Å². The normalized spacial score (nSPS) is 20.7. The van der Waals surface area contributed by atoms with Crippen LogP contribution >= 0.6 is 12.4 Å². The van der Waals surface area contributed by atoms with Gasteiger partial charge in [0.2, 0.25) is 11.8 Å². The van der Waals surface area contributed by atoms with Crippen LogP contribution in [0.1, 0.15) is 24.8 Å². The molecule has 1 aromatic rings. The summed E-state index contributed by atoms with van der Waals surface area (Å²) in [5.41, 5.74) is 0.132. The minimum Gasteiger partial charge on any atom is -0.317 e. The zero-order chi connectivity index (χ0) is 14.2. The van der Waals surface area contributed by atoms with E-state index >= 15 is 0 Å². The standard InChI is InChI=1S/C15H17FN2O2.ClH/c16-12-3-1-2-11(8-12)10-18-13(19)9-15(14(18)20)4-6-17-7-5-15;/h1-3,8,17H,4-7,9-10H2;1H. The second-order valence-corrected chi connectivity index (χ2v) is 5.62. The molecule has 2 amide bonds. The van der Waals surface area contributed by atoms with Gasteiger partial charge in [0, 0.05) is 6.42 Å². The fourth-order valence-electron chi connectivity index (χ4n) is 3.13. The van der Waals surface area contributed by atoms with Gasteiger partial charge in [-0.25, -0.2) is 4.39 Å². The van der Waals surface area contributed by atoms with Crippen LogP contribution in [-0.4, -0.2) is 29.8 Å². The van der Waals surface area contributed by atoms with E-state index in [1.165, 1.54) is 17.0 Å². The maximum atomic E-state index is 13.2. The lowest BCUT2D eigenvalue weighted by molar-refractivity contribution is -0.142. The van der Waals surface area contributed by atoms with Crippen molar-refractivity contribution in [2.24, 2.45) is 5.41 Å². The molecule has 6 heteroatoms. The molecule has 1 aromatic carbocycles. The van der Waals surface area contributed by atoms with Crippen LogP contribution in [0.5, 0.6) is 0 Å². The number of nitrogens with zero attached hydrogens (tertiary/aromatic N) is 1. The van der Waals surface area contributed by atoms with E-state index in [2.05, 4.69) is 5.32 Å². The van der Waals surface area contributed by atoms with E-state index in [0.717, 1.165) is 13.1 Å². The number of hydrogen-bond acceptors (Lipinski definition) is 3. The molecule has 3 rings (SSSR count). The lowest BCUT2D eigenvalue weighted by Crippen LogP contribution is -2.42. The Morgan fingerprint density at radius 1 is 1.24 bits per heavy atom. The highest BCUT2D eigenvalue weighted by Gasteiger charge is 2.51. The van der Waals surface area contributed by atoms with Gasteiger partial charge in [-0.2, -0.15) is 0 Å². The van der Waals surface area contributed by atoms with Crippen molar-refractivity contribution in [1.29, 1.82) is 0 Å². The summed E-state index contributed by atoms with van der Waals surface area (Å²) in [6, 6.07) is 6.05. The Balaban J connectivity index is 0.00000161. The molecule has 0 atom stereocenters. The quantitative estimate of drug-likeness (QED) is 0.848. The van der Waals surface area contributed by atoms with Crippen LogP contribution in [-0.2, 0) is 16.1 Å². The van der Waals surface area contributed by atoms with Gasteiger partial charge in [0.15, 0.2) is 0 Å². The largest absolute Gasteiger partial charge is 0.317 e. The van der Waals surface area contributed by atoms with E-state index in [1.54, 1.807) is 12.1 Å². The summed E-state index contributed by atoms with van der Waals surface area (Å²) < 4.78 is 13.2. The molecule has 114 valence electrons. The fraction of sp³-hybridized carbons (Fsp3) is 0.467. The molecule has 2 saturated heterocycles.